The quantitative estimate of drug-likeness (QED) is 0.810. The lowest BCUT2D eigenvalue weighted by atomic mass is 9.97. The van der Waals surface area contributed by atoms with Crippen molar-refractivity contribution >= 4 is 17.1 Å². The molecule has 0 unspecified atom stereocenters. The normalized spacial score (nSPS) is 10.5. The fourth-order valence-electron chi connectivity index (χ4n) is 1.99. The molecule has 0 bridgehead atoms. The van der Waals surface area contributed by atoms with Crippen molar-refractivity contribution in [3.8, 4) is 0 Å². The molecule has 0 aliphatic carbocycles. The second-order valence-corrected chi connectivity index (χ2v) is 5.03. The summed E-state index contributed by atoms with van der Waals surface area (Å²) in [6.07, 6.45) is 2.15. The van der Waals surface area contributed by atoms with E-state index in [0.717, 1.165) is 24.0 Å². The van der Waals surface area contributed by atoms with Crippen molar-refractivity contribution in [1.82, 2.24) is 0 Å². The van der Waals surface area contributed by atoms with Crippen molar-refractivity contribution < 1.29 is 4.79 Å². The van der Waals surface area contributed by atoms with Crippen molar-refractivity contribution in [2.24, 2.45) is 5.73 Å². The smallest absolute Gasteiger partial charge is 0.163 e. The summed E-state index contributed by atoms with van der Waals surface area (Å²) in [5.74, 6) is 0.213. The van der Waals surface area contributed by atoms with Gasteiger partial charge in [-0.1, -0.05) is 24.3 Å². The van der Waals surface area contributed by atoms with Gasteiger partial charge in [-0.25, -0.2) is 0 Å². The van der Waals surface area contributed by atoms with Crippen molar-refractivity contribution in [1.29, 1.82) is 0 Å². The van der Waals surface area contributed by atoms with Crippen LogP contribution in [0, 0.1) is 0 Å². The molecule has 1 aromatic carbocycles. The SMILES string of the molecule is NCCc1ccccc1C(=O)CCc1ccsc1. The molecule has 0 saturated carbocycles. The number of benzene rings is 1. The minimum absolute atomic E-state index is 0.213. The van der Waals surface area contributed by atoms with Gasteiger partial charge < -0.3 is 5.73 Å². The molecule has 3 heteroatoms. The fraction of sp³-hybridized carbons (Fsp3) is 0.267. The van der Waals surface area contributed by atoms with Gasteiger partial charge in [-0.3, -0.25) is 4.79 Å². The largest absolute Gasteiger partial charge is 0.330 e. The highest BCUT2D eigenvalue weighted by Crippen LogP contribution is 2.15. The third kappa shape index (κ3) is 3.28. The summed E-state index contributed by atoms with van der Waals surface area (Å²) in [7, 11) is 0. The lowest BCUT2D eigenvalue weighted by Gasteiger charge is -2.07. The summed E-state index contributed by atoms with van der Waals surface area (Å²) in [6, 6.07) is 9.84. The zero-order valence-corrected chi connectivity index (χ0v) is 11.1. The number of carbonyl (C=O) groups is 1. The van der Waals surface area contributed by atoms with E-state index in [-0.39, 0.29) is 5.78 Å². The number of Topliss-reactive ketones (excluding diaryl/α,β-unsaturated/α-hetero) is 1. The molecule has 0 fully saturated rings. The molecule has 0 spiro atoms. The van der Waals surface area contributed by atoms with E-state index in [0.29, 0.717) is 13.0 Å². The van der Waals surface area contributed by atoms with Crippen LogP contribution in [0.4, 0.5) is 0 Å². The highest BCUT2D eigenvalue weighted by molar-refractivity contribution is 7.07. The average molecular weight is 259 g/mol. The van der Waals surface area contributed by atoms with Gasteiger partial charge in [0.1, 0.15) is 0 Å². The molecule has 0 saturated heterocycles. The van der Waals surface area contributed by atoms with E-state index in [1.165, 1.54) is 5.56 Å². The number of carbonyl (C=O) groups excluding carboxylic acids is 1. The van der Waals surface area contributed by atoms with E-state index in [1.807, 2.05) is 29.6 Å². The maximum Gasteiger partial charge on any atom is 0.163 e. The number of hydrogen-bond donors (Lipinski definition) is 1. The first kappa shape index (κ1) is 13.0. The molecular weight excluding hydrogens is 242 g/mol. The van der Waals surface area contributed by atoms with E-state index in [2.05, 4.69) is 11.4 Å². The molecule has 0 aliphatic rings. The maximum atomic E-state index is 12.2. The molecule has 0 atom stereocenters. The van der Waals surface area contributed by atoms with Crippen molar-refractivity contribution in [2.45, 2.75) is 19.3 Å². The molecule has 18 heavy (non-hydrogen) atoms. The molecule has 0 radical (unpaired) electrons. The Morgan fingerprint density at radius 3 is 2.72 bits per heavy atom. The molecule has 0 aliphatic heterocycles. The highest BCUT2D eigenvalue weighted by atomic mass is 32.1. The van der Waals surface area contributed by atoms with Crippen LogP contribution in [-0.2, 0) is 12.8 Å². The monoisotopic (exact) mass is 259 g/mol. The molecule has 1 aromatic heterocycles. The first-order valence-corrected chi connectivity index (χ1v) is 7.08. The molecule has 1 heterocycles. The Morgan fingerprint density at radius 1 is 1.17 bits per heavy atom. The van der Waals surface area contributed by atoms with Crippen LogP contribution in [-0.4, -0.2) is 12.3 Å². The molecule has 2 nitrogen and oxygen atoms in total. The standard InChI is InChI=1S/C15H17NOS/c16-9-7-13-3-1-2-4-14(13)15(17)6-5-12-8-10-18-11-12/h1-4,8,10-11H,5-7,9,16H2. The highest BCUT2D eigenvalue weighted by Gasteiger charge is 2.10. The summed E-state index contributed by atoms with van der Waals surface area (Å²) in [6.45, 7) is 0.578. The molecule has 2 N–H and O–H groups in total. The summed E-state index contributed by atoms with van der Waals surface area (Å²) in [4.78, 5) is 12.2. The van der Waals surface area contributed by atoms with E-state index in [9.17, 15) is 4.79 Å². The van der Waals surface area contributed by atoms with Crippen LogP contribution in [0.15, 0.2) is 41.1 Å². The minimum atomic E-state index is 0.213. The summed E-state index contributed by atoms with van der Waals surface area (Å²) in [5, 5.41) is 4.14. The Balaban J connectivity index is 2.04. The van der Waals surface area contributed by atoms with Crippen LogP contribution >= 0.6 is 11.3 Å². The first-order chi connectivity index (χ1) is 8.81. The van der Waals surface area contributed by atoms with Crippen LogP contribution in [0.1, 0.15) is 27.9 Å². The van der Waals surface area contributed by atoms with Crippen LogP contribution in [0.2, 0.25) is 0 Å². The van der Waals surface area contributed by atoms with Crippen LogP contribution in [0.5, 0.6) is 0 Å². The van der Waals surface area contributed by atoms with Crippen LogP contribution in [0.3, 0.4) is 0 Å². The van der Waals surface area contributed by atoms with Gasteiger partial charge in [0.15, 0.2) is 5.78 Å². The van der Waals surface area contributed by atoms with Gasteiger partial charge in [0.2, 0.25) is 0 Å². The molecule has 0 amide bonds. The Labute approximate surface area is 111 Å². The van der Waals surface area contributed by atoms with Gasteiger partial charge in [-0.15, -0.1) is 0 Å². The van der Waals surface area contributed by atoms with Gasteiger partial charge in [-0.2, -0.15) is 11.3 Å². The second-order valence-electron chi connectivity index (χ2n) is 4.25. The molecule has 2 aromatic rings. The van der Waals surface area contributed by atoms with Gasteiger partial charge in [0.05, 0.1) is 0 Å². The number of aryl methyl sites for hydroxylation is 1. The predicted octanol–water partition coefficient (Wildman–Crippen LogP) is 3.06. The lowest BCUT2D eigenvalue weighted by Crippen LogP contribution is -2.09. The third-order valence-corrected chi connectivity index (χ3v) is 3.68. The molecular formula is C15H17NOS. The number of rotatable bonds is 6. The van der Waals surface area contributed by atoms with Gasteiger partial charge in [0, 0.05) is 12.0 Å². The third-order valence-electron chi connectivity index (χ3n) is 2.95. The average Bonchev–Trinajstić information content (AvgIpc) is 2.90. The number of nitrogens with two attached hydrogens (primary N) is 1. The molecule has 2 rings (SSSR count). The first-order valence-electron chi connectivity index (χ1n) is 6.13. The van der Waals surface area contributed by atoms with Crippen LogP contribution in [0.25, 0.3) is 0 Å². The van der Waals surface area contributed by atoms with E-state index in [4.69, 9.17) is 5.73 Å². The lowest BCUT2D eigenvalue weighted by molar-refractivity contribution is 0.0982. The zero-order valence-electron chi connectivity index (χ0n) is 10.3. The van der Waals surface area contributed by atoms with Crippen molar-refractivity contribution in [3.05, 3.63) is 57.8 Å². The fourth-order valence-corrected chi connectivity index (χ4v) is 2.70. The zero-order chi connectivity index (χ0) is 12.8. The van der Waals surface area contributed by atoms with Crippen molar-refractivity contribution in [2.75, 3.05) is 6.54 Å². The Morgan fingerprint density at radius 2 is 2.00 bits per heavy atom. The number of thiophene rings is 1. The second kappa shape index (κ2) is 6.47. The van der Waals surface area contributed by atoms with Gasteiger partial charge >= 0.3 is 0 Å². The Bertz CT molecular complexity index is 505. The summed E-state index contributed by atoms with van der Waals surface area (Å²) in [5.41, 5.74) is 8.71. The predicted molar refractivity (Wildman–Crippen MR) is 76.2 cm³/mol. The van der Waals surface area contributed by atoms with Gasteiger partial charge in [0.25, 0.3) is 0 Å². The summed E-state index contributed by atoms with van der Waals surface area (Å²) < 4.78 is 0. The Kier molecular flexibility index (Phi) is 4.67. The van der Waals surface area contributed by atoms with E-state index < -0.39 is 0 Å². The number of hydrogen-bond acceptors (Lipinski definition) is 3. The van der Waals surface area contributed by atoms with Crippen molar-refractivity contribution in [3.63, 3.8) is 0 Å². The maximum absolute atomic E-state index is 12.2. The number of ketones is 1. The Hall–Kier alpha value is -1.45. The minimum Gasteiger partial charge on any atom is -0.330 e. The van der Waals surface area contributed by atoms with E-state index in [1.54, 1.807) is 11.3 Å². The van der Waals surface area contributed by atoms with Crippen LogP contribution < -0.4 is 5.73 Å². The summed E-state index contributed by atoms with van der Waals surface area (Å²) >= 11 is 1.67. The van der Waals surface area contributed by atoms with Gasteiger partial charge in [-0.05, 0) is 47.3 Å². The topological polar surface area (TPSA) is 43.1 Å². The van der Waals surface area contributed by atoms with E-state index >= 15 is 0 Å². The molecule has 94 valence electrons.